The van der Waals surface area contributed by atoms with E-state index in [1.54, 1.807) is 0 Å². The van der Waals surface area contributed by atoms with E-state index in [4.69, 9.17) is 5.11 Å². The molecule has 1 heterocycles. The first kappa shape index (κ1) is 13.7. The van der Waals surface area contributed by atoms with Crippen LogP contribution in [0.3, 0.4) is 0 Å². The topological polar surface area (TPSA) is 76.5 Å². The quantitative estimate of drug-likeness (QED) is 0.870. The van der Waals surface area contributed by atoms with Crippen LogP contribution in [-0.2, 0) is 4.74 Å². The van der Waals surface area contributed by atoms with Crippen molar-refractivity contribution in [2.24, 2.45) is 0 Å². The van der Waals surface area contributed by atoms with Gasteiger partial charge in [0.15, 0.2) is 0 Å². The number of nitrogens with zero attached hydrogens (tertiary/aromatic N) is 1. The molecule has 2 aromatic rings. The number of esters is 1. The molecule has 0 unspecified atom stereocenters. The largest absolute Gasteiger partial charge is 0.477 e. The first-order valence-electron chi connectivity index (χ1n) is 5.60. The number of carbonyl (C=O) groups is 2. The molecule has 0 saturated carbocycles. The fourth-order valence-corrected chi connectivity index (χ4v) is 1.71. The van der Waals surface area contributed by atoms with Crippen molar-refractivity contribution in [2.75, 3.05) is 7.11 Å². The minimum atomic E-state index is -1.20. The fraction of sp³-hybridized carbons (Fsp3) is 0.0714. The molecule has 1 aromatic heterocycles. The highest BCUT2D eigenvalue weighted by atomic mass is 19.1. The SMILES string of the molecule is COC(=O)c1ccc(-c2ccnc(C(=O)O)c2)c(F)c1. The predicted octanol–water partition coefficient (Wildman–Crippen LogP) is 2.37. The van der Waals surface area contributed by atoms with Gasteiger partial charge in [0.25, 0.3) is 0 Å². The minimum absolute atomic E-state index is 0.0845. The van der Waals surface area contributed by atoms with E-state index in [1.165, 1.54) is 37.6 Å². The van der Waals surface area contributed by atoms with Crippen LogP contribution in [-0.4, -0.2) is 29.1 Å². The van der Waals surface area contributed by atoms with Gasteiger partial charge in [-0.1, -0.05) is 6.07 Å². The lowest BCUT2D eigenvalue weighted by molar-refractivity contribution is 0.0599. The second-order valence-electron chi connectivity index (χ2n) is 3.92. The molecule has 0 fully saturated rings. The highest BCUT2D eigenvalue weighted by molar-refractivity contribution is 5.90. The van der Waals surface area contributed by atoms with Gasteiger partial charge in [-0.25, -0.2) is 19.0 Å². The molecule has 0 atom stereocenters. The summed E-state index contributed by atoms with van der Waals surface area (Å²) in [5, 5.41) is 8.86. The van der Waals surface area contributed by atoms with E-state index in [9.17, 15) is 14.0 Å². The van der Waals surface area contributed by atoms with Gasteiger partial charge in [0.2, 0.25) is 0 Å². The van der Waals surface area contributed by atoms with E-state index in [0.29, 0.717) is 5.56 Å². The maximum absolute atomic E-state index is 14.0. The first-order chi connectivity index (χ1) is 9.52. The van der Waals surface area contributed by atoms with E-state index < -0.39 is 17.8 Å². The van der Waals surface area contributed by atoms with E-state index >= 15 is 0 Å². The zero-order chi connectivity index (χ0) is 14.7. The lowest BCUT2D eigenvalue weighted by Crippen LogP contribution is -2.03. The van der Waals surface area contributed by atoms with Gasteiger partial charge >= 0.3 is 11.9 Å². The summed E-state index contributed by atoms with van der Waals surface area (Å²) >= 11 is 0. The van der Waals surface area contributed by atoms with Crippen LogP contribution in [0.4, 0.5) is 4.39 Å². The number of carboxylic acid groups (broad SMARTS) is 1. The molecule has 5 nitrogen and oxygen atoms in total. The molecule has 0 amide bonds. The molecule has 0 bridgehead atoms. The molecule has 0 radical (unpaired) electrons. The van der Waals surface area contributed by atoms with Crippen LogP contribution in [0.2, 0.25) is 0 Å². The fourth-order valence-electron chi connectivity index (χ4n) is 1.71. The van der Waals surface area contributed by atoms with E-state index in [2.05, 4.69) is 9.72 Å². The molecular formula is C14H10FNO4. The number of ether oxygens (including phenoxy) is 1. The van der Waals surface area contributed by atoms with Crippen molar-refractivity contribution in [3.63, 3.8) is 0 Å². The lowest BCUT2D eigenvalue weighted by Gasteiger charge is -2.06. The Labute approximate surface area is 113 Å². The number of pyridine rings is 1. The Morgan fingerprint density at radius 1 is 1.25 bits per heavy atom. The van der Waals surface area contributed by atoms with Crippen molar-refractivity contribution in [1.29, 1.82) is 0 Å². The summed E-state index contributed by atoms with van der Waals surface area (Å²) in [6.07, 6.45) is 1.28. The van der Waals surface area contributed by atoms with Crippen LogP contribution in [0.25, 0.3) is 11.1 Å². The van der Waals surface area contributed by atoms with Crippen molar-refractivity contribution in [1.82, 2.24) is 4.98 Å². The first-order valence-corrected chi connectivity index (χ1v) is 5.60. The number of carbonyl (C=O) groups excluding carboxylic acids is 1. The number of rotatable bonds is 3. The monoisotopic (exact) mass is 275 g/mol. The number of benzene rings is 1. The Hall–Kier alpha value is -2.76. The van der Waals surface area contributed by atoms with Gasteiger partial charge in [0.1, 0.15) is 11.5 Å². The van der Waals surface area contributed by atoms with Gasteiger partial charge in [-0.3, -0.25) is 0 Å². The van der Waals surface area contributed by atoms with Crippen molar-refractivity contribution in [3.05, 3.63) is 53.6 Å². The van der Waals surface area contributed by atoms with Gasteiger partial charge < -0.3 is 9.84 Å². The molecule has 1 N–H and O–H groups in total. The van der Waals surface area contributed by atoms with Crippen LogP contribution >= 0.6 is 0 Å². The summed E-state index contributed by atoms with van der Waals surface area (Å²) in [6.45, 7) is 0. The molecule has 102 valence electrons. The Morgan fingerprint density at radius 2 is 2.00 bits per heavy atom. The van der Waals surface area contributed by atoms with Gasteiger partial charge in [-0.2, -0.15) is 0 Å². The average molecular weight is 275 g/mol. The van der Waals surface area contributed by atoms with Crippen molar-refractivity contribution in [3.8, 4) is 11.1 Å². The number of carboxylic acids is 1. The number of halogens is 1. The number of aromatic nitrogens is 1. The standard InChI is InChI=1S/C14H10FNO4/c1-20-14(19)9-2-3-10(11(15)6-9)8-4-5-16-12(7-8)13(17)18/h2-7H,1H3,(H,17,18). The molecule has 1 aromatic carbocycles. The number of methoxy groups -OCH3 is 1. The van der Waals surface area contributed by atoms with Crippen LogP contribution < -0.4 is 0 Å². The zero-order valence-corrected chi connectivity index (χ0v) is 10.5. The van der Waals surface area contributed by atoms with Gasteiger partial charge in [-0.05, 0) is 29.8 Å². The second-order valence-corrected chi connectivity index (χ2v) is 3.92. The third kappa shape index (κ3) is 2.64. The summed E-state index contributed by atoms with van der Waals surface area (Å²) < 4.78 is 18.5. The summed E-state index contributed by atoms with van der Waals surface area (Å²) in [6, 6.07) is 6.59. The molecule has 0 aliphatic heterocycles. The summed E-state index contributed by atoms with van der Waals surface area (Å²) in [7, 11) is 1.20. The van der Waals surface area contributed by atoms with Gasteiger partial charge in [0.05, 0.1) is 12.7 Å². The minimum Gasteiger partial charge on any atom is -0.477 e. The normalized spacial score (nSPS) is 10.1. The Bertz CT molecular complexity index is 685. The molecule has 20 heavy (non-hydrogen) atoms. The Balaban J connectivity index is 2.46. The van der Waals surface area contributed by atoms with Crippen molar-refractivity contribution < 1.29 is 23.8 Å². The van der Waals surface area contributed by atoms with Crippen molar-refractivity contribution >= 4 is 11.9 Å². The van der Waals surface area contributed by atoms with E-state index in [1.807, 2.05) is 0 Å². The summed E-state index contributed by atoms with van der Waals surface area (Å²) in [4.78, 5) is 25.8. The molecule has 0 aliphatic carbocycles. The molecule has 0 spiro atoms. The lowest BCUT2D eigenvalue weighted by atomic mass is 10.0. The number of aromatic carboxylic acids is 1. The maximum Gasteiger partial charge on any atom is 0.354 e. The third-order valence-corrected chi connectivity index (χ3v) is 2.68. The van der Waals surface area contributed by atoms with E-state index in [0.717, 1.165) is 6.07 Å². The third-order valence-electron chi connectivity index (χ3n) is 2.68. The number of hydrogen-bond acceptors (Lipinski definition) is 4. The number of hydrogen-bond donors (Lipinski definition) is 1. The Morgan fingerprint density at radius 3 is 2.60 bits per heavy atom. The zero-order valence-electron chi connectivity index (χ0n) is 10.5. The highest BCUT2D eigenvalue weighted by Gasteiger charge is 2.13. The second kappa shape index (κ2) is 5.48. The Kier molecular flexibility index (Phi) is 3.74. The molecular weight excluding hydrogens is 265 g/mol. The van der Waals surface area contributed by atoms with Crippen molar-refractivity contribution in [2.45, 2.75) is 0 Å². The molecule has 2 rings (SSSR count). The maximum atomic E-state index is 14.0. The summed E-state index contributed by atoms with van der Waals surface area (Å²) in [5.74, 6) is -2.48. The predicted molar refractivity (Wildman–Crippen MR) is 67.9 cm³/mol. The highest BCUT2D eigenvalue weighted by Crippen LogP contribution is 2.24. The van der Waals surface area contributed by atoms with Crippen LogP contribution in [0.1, 0.15) is 20.8 Å². The van der Waals surface area contributed by atoms with Crippen LogP contribution in [0.5, 0.6) is 0 Å². The molecule has 0 aliphatic rings. The molecule has 0 saturated heterocycles. The van der Waals surface area contributed by atoms with Crippen LogP contribution in [0.15, 0.2) is 36.5 Å². The van der Waals surface area contributed by atoms with Gasteiger partial charge in [-0.15, -0.1) is 0 Å². The smallest absolute Gasteiger partial charge is 0.354 e. The van der Waals surface area contributed by atoms with Crippen LogP contribution in [0, 0.1) is 5.82 Å². The van der Waals surface area contributed by atoms with E-state index in [-0.39, 0.29) is 16.8 Å². The summed E-state index contributed by atoms with van der Waals surface area (Å²) in [5.41, 5.74) is 0.453. The average Bonchev–Trinajstić information content (AvgIpc) is 2.46. The molecule has 6 heteroatoms. The van der Waals surface area contributed by atoms with Gasteiger partial charge in [0, 0.05) is 11.8 Å².